The molecule has 3 fully saturated rings. The van der Waals surface area contributed by atoms with Crippen molar-refractivity contribution in [2.45, 2.75) is 55.9 Å². The van der Waals surface area contributed by atoms with Gasteiger partial charge in [-0.25, -0.2) is 4.98 Å². The van der Waals surface area contributed by atoms with E-state index in [9.17, 15) is 33.6 Å². The minimum atomic E-state index is -1.01. The number of carbonyl (C=O) groups is 7. The summed E-state index contributed by atoms with van der Waals surface area (Å²) in [7, 11) is 0. The molecule has 1 aromatic carbocycles. The Kier molecular flexibility index (Phi) is 18.0. The molecule has 0 spiro atoms. The monoisotopic (exact) mass is 938 g/mol. The summed E-state index contributed by atoms with van der Waals surface area (Å²) in [4.78, 5) is 104. The number of hydrogen-bond acceptors (Lipinski definition) is 14. The zero-order chi connectivity index (χ0) is 47.0. The van der Waals surface area contributed by atoms with Crippen molar-refractivity contribution in [3.05, 3.63) is 89.4 Å². The summed E-state index contributed by atoms with van der Waals surface area (Å²) in [5.41, 5.74) is 1.96. The number of thioether (sulfide) groups is 1. The van der Waals surface area contributed by atoms with Crippen LogP contribution in [0, 0.1) is 5.92 Å². The number of rotatable bonds is 22. The zero-order valence-electron chi connectivity index (χ0n) is 37.6. The molecule has 1 unspecified atom stereocenters. The summed E-state index contributed by atoms with van der Waals surface area (Å²) in [5.74, 6) is -0.486. The number of carbonyl (C=O) groups excluding carboxylic acids is 7. The number of likely N-dealkylation sites (tertiary alicyclic amines) is 1. The minimum absolute atomic E-state index is 0.00322. The number of imide groups is 2. The van der Waals surface area contributed by atoms with Gasteiger partial charge >= 0.3 is 0 Å². The Hall–Kier alpha value is -6.02. The minimum Gasteiger partial charge on any atom is -0.378 e. The third kappa shape index (κ3) is 13.6. The van der Waals surface area contributed by atoms with Crippen LogP contribution in [0.1, 0.15) is 81.6 Å². The summed E-state index contributed by atoms with van der Waals surface area (Å²) in [5, 5.41) is 5.15. The number of piperidine rings is 2. The maximum absolute atomic E-state index is 13.3. The van der Waals surface area contributed by atoms with E-state index in [1.54, 1.807) is 47.8 Å². The van der Waals surface area contributed by atoms with Gasteiger partial charge in [0.15, 0.2) is 0 Å². The number of aromatic nitrogens is 2. The molecule has 2 N–H and O–H groups in total. The predicted molar refractivity (Wildman–Crippen MR) is 248 cm³/mol. The number of amides is 7. The maximum Gasteiger partial charge on any atom is 0.263 e. The fourth-order valence-electron chi connectivity index (χ4n) is 8.47. The van der Waals surface area contributed by atoms with Crippen LogP contribution in [0.4, 0.5) is 5.82 Å². The van der Waals surface area contributed by atoms with E-state index in [1.807, 2.05) is 29.2 Å². The number of piperazine rings is 1. The highest BCUT2D eigenvalue weighted by Crippen LogP contribution is 2.34. The van der Waals surface area contributed by atoms with Crippen molar-refractivity contribution in [2.75, 3.05) is 96.1 Å². The topological polar surface area (TPSA) is 210 Å². The number of pyridine rings is 2. The van der Waals surface area contributed by atoms with E-state index in [2.05, 4.69) is 25.5 Å². The largest absolute Gasteiger partial charge is 0.378 e. The lowest BCUT2D eigenvalue weighted by atomic mass is 9.91. The quantitative estimate of drug-likeness (QED) is 0.0642. The predicted octanol–water partition coefficient (Wildman–Crippen LogP) is 3.22. The molecule has 356 valence electrons. The van der Waals surface area contributed by atoms with Crippen molar-refractivity contribution in [3.63, 3.8) is 0 Å². The average molecular weight is 939 g/mol. The lowest BCUT2D eigenvalue weighted by molar-refractivity contribution is -0.137. The van der Waals surface area contributed by atoms with E-state index < -0.39 is 29.7 Å². The van der Waals surface area contributed by atoms with Crippen LogP contribution in [0.5, 0.6) is 0 Å². The SMILES string of the molecule is O=C(/C=C/c1cccnc1)NCCCCC1CCN(C(=O)c2ccc(N3CCN(C(=O)COCCOCCOCCSc4cccc5c4C(=O)N(C4CCC(=O)NC4=O)C5=O)CC3)nc2)CC1. The molecule has 0 bridgehead atoms. The van der Waals surface area contributed by atoms with Crippen LogP contribution in [0.15, 0.2) is 72.0 Å². The van der Waals surface area contributed by atoms with Crippen molar-refractivity contribution < 1.29 is 47.8 Å². The lowest BCUT2D eigenvalue weighted by Crippen LogP contribution is -2.54. The number of ether oxygens (including phenoxy) is 3. The first-order valence-corrected chi connectivity index (χ1v) is 24.0. The molecule has 3 aromatic rings. The Morgan fingerprint density at radius 1 is 0.806 bits per heavy atom. The standard InChI is InChI=1S/C48H58N8O10S/c57-41(13-9-35-6-4-17-49-31-35)50-18-2-1-5-34-15-19-55(20-16-34)46(61)36-10-12-40(51-32-36)53-21-23-54(24-22-53)43(59)33-66-28-27-64-25-26-65-29-30-67-39-8-3-7-37-44(39)48(63)56(47(37)62)38-11-14-42(58)52-45(38)60/h3-4,6-10,12-13,17,31-32,34,38H,1-2,5,11,14-16,18-30,33H2,(H,50,57)(H,52,58,60)/b13-9+. The Morgan fingerprint density at radius 2 is 1.58 bits per heavy atom. The smallest absolute Gasteiger partial charge is 0.263 e. The summed E-state index contributed by atoms with van der Waals surface area (Å²) in [6.45, 7) is 5.93. The molecule has 6 heterocycles. The second kappa shape index (κ2) is 24.7. The molecule has 19 heteroatoms. The molecule has 67 heavy (non-hydrogen) atoms. The van der Waals surface area contributed by atoms with Gasteiger partial charge in [-0.2, -0.15) is 0 Å². The van der Waals surface area contributed by atoms with Crippen LogP contribution in [0.25, 0.3) is 6.08 Å². The van der Waals surface area contributed by atoms with Crippen molar-refractivity contribution in [3.8, 4) is 0 Å². The zero-order valence-corrected chi connectivity index (χ0v) is 38.4. The van der Waals surface area contributed by atoms with Crippen LogP contribution >= 0.6 is 11.8 Å². The van der Waals surface area contributed by atoms with Crippen molar-refractivity contribution in [1.82, 2.24) is 35.3 Å². The maximum atomic E-state index is 13.3. The van der Waals surface area contributed by atoms with E-state index in [0.717, 1.165) is 61.5 Å². The van der Waals surface area contributed by atoms with Crippen LogP contribution in [-0.4, -0.2) is 163 Å². The Balaban J connectivity index is 0.690. The van der Waals surface area contributed by atoms with Gasteiger partial charge in [-0.1, -0.05) is 25.0 Å². The molecule has 0 saturated carbocycles. The highest BCUT2D eigenvalue weighted by atomic mass is 32.2. The fraction of sp³-hybridized carbons (Fsp3) is 0.479. The molecule has 3 saturated heterocycles. The van der Waals surface area contributed by atoms with Gasteiger partial charge in [0.1, 0.15) is 18.5 Å². The molecule has 4 aliphatic heterocycles. The lowest BCUT2D eigenvalue weighted by Gasteiger charge is -2.35. The first-order valence-electron chi connectivity index (χ1n) is 23.0. The molecule has 1 atom stereocenters. The second-order valence-corrected chi connectivity index (χ2v) is 17.8. The first kappa shape index (κ1) is 48.9. The molecule has 2 aromatic heterocycles. The summed E-state index contributed by atoms with van der Waals surface area (Å²) in [6, 6.07) is 11.5. The number of anilines is 1. The van der Waals surface area contributed by atoms with Gasteiger partial charge in [0, 0.05) is 87.5 Å². The number of benzene rings is 1. The van der Waals surface area contributed by atoms with E-state index >= 15 is 0 Å². The van der Waals surface area contributed by atoms with E-state index in [-0.39, 0.29) is 54.9 Å². The fourth-order valence-corrected chi connectivity index (χ4v) is 9.41. The van der Waals surface area contributed by atoms with Gasteiger partial charge < -0.3 is 34.2 Å². The number of nitrogens with one attached hydrogen (secondary N) is 2. The van der Waals surface area contributed by atoms with Crippen LogP contribution in [-0.2, 0) is 33.4 Å². The first-order chi connectivity index (χ1) is 32.7. The summed E-state index contributed by atoms with van der Waals surface area (Å²) < 4.78 is 16.8. The molecule has 0 radical (unpaired) electrons. The van der Waals surface area contributed by atoms with Gasteiger partial charge in [-0.15, -0.1) is 11.8 Å². The highest BCUT2D eigenvalue weighted by Gasteiger charge is 2.45. The summed E-state index contributed by atoms with van der Waals surface area (Å²) in [6.07, 6.45) is 13.5. The van der Waals surface area contributed by atoms with Crippen molar-refractivity contribution >= 4 is 65.0 Å². The number of hydrogen-bond donors (Lipinski definition) is 2. The third-order valence-corrected chi connectivity index (χ3v) is 13.2. The normalized spacial score (nSPS) is 17.9. The second-order valence-electron chi connectivity index (χ2n) is 16.7. The number of nitrogens with zero attached hydrogens (tertiary/aromatic N) is 6. The molecule has 4 aliphatic rings. The van der Waals surface area contributed by atoms with Crippen LogP contribution < -0.4 is 15.5 Å². The molecule has 0 aliphatic carbocycles. The van der Waals surface area contributed by atoms with Gasteiger partial charge in [0.25, 0.3) is 17.7 Å². The van der Waals surface area contributed by atoms with E-state index in [4.69, 9.17) is 14.2 Å². The van der Waals surface area contributed by atoms with Gasteiger partial charge in [-0.05, 0) is 73.6 Å². The van der Waals surface area contributed by atoms with Crippen molar-refractivity contribution in [2.24, 2.45) is 5.92 Å². The summed E-state index contributed by atoms with van der Waals surface area (Å²) >= 11 is 1.38. The number of fused-ring (bicyclic) bond motifs is 1. The molecule has 7 rings (SSSR count). The Morgan fingerprint density at radius 3 is 2.31 bits per heavy atom. The van der Waals surface area contributed by atoms with Crippen molar-refractivity contribution in [1.29, 1.82) is 0 Å². The van der Waals surface area contributed by atoms with Gasteiger partial charge in [0.2, 0.25) is 23.6 Å². The van der Waals surface area contributed by atoms with Crippen LogP contribution in [0.2, 0.25) is 0 Å². The van der Waals surface area contributed by atoms with E-state index in [1.165, 1.54) is 17.8 Å². The Labute approximate surface area is 394 Å². The van der Waals surface area contributed by atoms with Gasteiger partial charge in [-0.3, -0.25) is 48.8 Å². The van der Waals surface area contributed by atoms with Gasteiger partial charge in [0.05, 0.1) is 49.7 Å². The molecular weight excluding hydrogens is 881 g/mol. The molecule has 18 nitrogen and oxygen atoms in total. The highest BCUT2D eigenvalue weighted by molar-refractivity contribution is 7.99. The average Bonchev–Trinajstić information content (AvgIpc) is 3.61. The van der Waals surface area contributed by atoms with E-state index in [0.29, 0.717) is 81.3 Å². The third-order valence-electron chi connectivity index (χ3n) is 12.2. The number of unbranched alkanes of at least 4 members (excludes halogenated alkanes) is 1. The molecule has 7 amide bonds. The molecular formula is C48H58N8O10S. The van der Waals surface area contributed by atoms with Crippen LogP contribution in [0.3, 0.4) is 0 Å². The Bertz CT molecular complexity index is 2250.